The third-order valence-electron chi connectivity index (χ3n) is 4.07. The van der Waals surface area contributed by atoms with Gasteiger partial charge in [-0.2, -0.15) is 0 Å². The van der Waals surface area contributed by atoms with Gasteiger partial charge in [-0.05, 0) is 50.1 Å². The van der Waals surface area contributed by atoms with Crippen molar-refractivity contribution in [3.05, 3.63) is 59.2 Å². The zero-order chi connectivity index (χ0) is 20.7. The van der Waals surface area contributed by atoms with Gasteiger partial charge in [0.05, 0.1) is 11.0 Å². The minimum Gasteiger partial charge on any atom is -0.491 e. The third kappa shape index (κ3) is 8.22. The van der Waals surface area contributed by atoms with Crippen LogP contribution in [0, 0.1) is 6.92 Å². The summed E-state index contributed by atoms with van der Waals surface area (Å²) in [5.74, 6) is 1.53. The number of nitrogens with zero attached hydrogens (tertiary/aromatic N) is 1. The maximum absolute atomic E-state index is 11.5. The minimum absolute atomic E-state index is 0. The van der Waals surface area contributed by atoms with E-state index >= 15 is 0 Å². The summed E-state index contributed by atoms with van der Waals surface area (Å²) in [6.45, 7) is 7.17. The molecule has 2 aromatic rings. The number of guanidine groups is 1. The van der Waals surface area contributed by atoms with Gasteiger partial charge < -0.3 is 15.4 Å². The number of aliphatic imine (C=N–C) groups is 1. The number of aryl methyl sites for hydroxylation is 1. The van der Waals surface area contributed by atoms with Gasteiger partial charge in [-0.3, -0.25) is 4.99 Å². The van der Waals surface area contributed by atoms with Crippen LogP contribution < -0.4 is 15.4 Å². The first-order valence-corrected chi connectivity index (χ1v) is 11.1. The highest BCUT2D eigenvalue weighted by Gasteiger charge is 2.08. The molecule has 29 heavy (non-hydrogen) atoms. The van der Waals surface area contributed by atoms with Gasteiger partial charge in [0.15, 0.2) is 15.8 Å². The molecule has 6 nitrogen and oxygen atoms in total. The standard InChI is InChI=1S/C21H29N3O3S.HI/c1-15(2)27-20-12-16(3)6-9-18(20)14-24-21(22-4)23-13-17-7-10-19(11-8-17)28(5,25)26;/h6-12,15H,13-14H2,1-5H3,(H2,22,23,24);1H. The summed E-state index contributed by atoms with van der Waals surface area (Å²) in [5, 5.41) is 6.52. The van der Waals surface area contributed by atoms with Gasteiger partial charge in [-0.1, -0.05) is 24.3 Å². The molecule has 2 rings (SSSR count). The Morgan fingerprint density at radius 3 is 2.24 bits per heavy atom. The number of hydrogen-bond acceptors (Lipinski definition) is 4. The Balaban J connectivity index is 0.00000420. The highest BCUT2D eigenvalue weighted by molar-refractivity contribution is 14.0. The molecule has 0 spiro atoms. The maximum Gasteiger partial charge on any atom is 0.191 e. The third-order valence-corrected chi connectivity index (χ3v) is 5.20. The number of rotatable bonds is 7. The highest BCUT2D eigenvalue weighted by Crippen LogP contribution is 2.21. The molecule has 0 aromatic heterocycles. The number of halogens is 1. The Morgan fingerprint density at radius 2 is 1.69 bits per heavy atom. The van der Waals surface area contributed by atoms with E-state index in [2.05, 4.69) is 27.8 Å². The molecule has 0 bridgehead atoms. The highest BCUT2D eigenvalue weighted by atomic mass is 127. The normalized spacial score (nSPS) is 11.7. The zero-order valence-electron chi connectivity index (χ0n) is 17.5. The second-order valence-corrected chi connectivity index (χ2v) is 8.99. The first-order chi connectivity index (χ1) is 13.2. The molecular weight excluding hydrogens is 501 g/mol. The zero-order valence-corrected chi connectivity index (χ0v) is 20.7. The second kappa shape index (κ2) is 11.4. The largest absolute Gasteiger partial charge is 0.491 e. The van der Waals surface area contributed by atoms with Gasteiger partial charge in [0, 0.05) is 32.0 Å². The predicted octanol–water partition coefficient (Wildman–Crippen LogP) is 3.67. The van der Waals surface area contributed by atoms with E-state index in [-0.39, 0.29) is 30.1 Å². The van der Waals surface area contributed by atoms with Crippen molar-refractivity contribution in [2.75, 3.05) is 13.3 Å². The van der Waals surface area contributed by atoms with Crippen molar-refractivity contribution in [1.82, 2.24) is 10.6 Å². The molecule has 0 unspecified atom stereocenters. The van der Waals surface area contributed by atoms with Crippen LogP contribution in [0.2, 0.25) is 0 Å². The quantitative estimate of drug-likeness (QED) is 0.324. The smallest absolute Gasteiger partial charge is 0.191 e. The van der Waals surface area contributed by atoms with Crippen molar-refractivity contribution < 1.29 is 13.2 Å². The molecule has 0 aliphatic heterocycles. The van der Waals surface area contributed by atoms with E-state index in [1.807, 2.05) is 26.8 Å². The number of sulfone groups is 1. The number of hydrogen-bond donors (Lipinski definition) is 2. The Morgan fingerprint density at radius 1 is 1.07 bits per heavy atom. The lowest BCUT2D eigenvalue weighted by atomic mass is 10.1. The minimum atomic E-state index is -3.18. The van der Waals surface area contributed by atoms with Gasteiger partial charge in [0.25, 0.3) is 0 Å². The lowest BCUT2D eigenvalue weighted by molar-refractivity contribution is 0.239. The SMILES string of the molecule is CN=C(NCc1ccc(S(C)(=O)=O)cc1)NCc1ccc(C)cc1OC(C)C.I. The summed E-state index contributed by atoms with van der Waals surface area (Å²) in [5.41, 5.74) is 3.17. The summed E-state index contributed by atoms with van der Waals surface area (Å²) in [6.07, 6.45) is 1.31. The van der Waals surface area contributed by atoms with E-state index in [1.165, 1.54) is 6.26 Å². The fourth-order valence-corrected chi connectivity index (χ4v) is 3.24. The molecular formula is C21H30IN3O3S. The van der Waals surface area contributed by atoms with Gasteiger partial charge in [0.2, 0.25) is 0 Å². The van der Waals surface area contributed by atoms with Crippen LogP contribution in [0.4, 0.5) is 0 Å². The summed E-state index contributed by atoms with van der Waals surface area (Å²) < 4.78 is 29.0. The molecule has 2 N–H and O–H groups in total. The topological polar surface area (TPSA) is 79.8 Å². The first kappa shape index (κ1) is 25.2. The van der Waals surface area contributed by atoms with E-state index in [4.69, 9.17) is 4.74 Å². The predicted molar refractivity (Wildman–Crippen MR) is 129 cm³/mol. The fourth-order valence-electron chi connectivity index (χ4n) is 2.61. The van der Waals surface area contributed by atoms with Crippen LogP contribution in [0.25, 0.3) is 0 Å². The lowest BCUT2D eigenvalue weighted by Crippen LogP contribution is -2.36. The molecule has 0 saturated carbocycles. The number of ether oxygens (including phenoxy) is 1. The summed E-state index contributed by atoms with van der Waals surface area (Å²) in [7, 11) is -1.47. The molecule has 2 aromatic carbocycles. The van der Waals surface area contributed by atoms with E-state index in [1.54, 1.807) is 31.3 Å². The average molecular weight is 531 g/mol. The van der Waals surface area contributed by atoms with E-state index < -0.39 is 9.84 Å². The van der Waals surface area contributed by atoms with Gasteiger partial charge in [-0.25, -0.2) is 8.42 Å². The molecule has 0 aliphatic rings. The lowest BCUT2D eigenvalue weighted by Gasteiger charge is -2.17. The molecule has 8 heteroatoms. The monoisotopic (exact) mass is 531 g/mol. The molecule has 0 aliphatic carbocycles. The Hall–Kier alpha value is -1.81. The van der Waals surface area contributed by atoms with Crippen molar-refractivity contribution in [2.24, 2.45) is 4.99 Å². The summed E-state index contributed by atoms with van der Waals surface area (Å²) in [6, 6.07) is 13.0. The summed E-state index contributed by atoms with van der Waals surface area (Å²) >= 11 is 0. The Bertz CT molecular complexity index is 927. The van der Waals surface area contributed by atoms with Crippen LogP contribution in [0.3, 0.4) is 0 Å². The average Bonchev–Trinajstić information content (AvgIpc) is 2.62. The first-order valence-electron chi connectivity index (χ1n) is 9.18. The molecule has 0 radical (unpaired) electrons. The van der Waals surface area contributed by atoms with E-state index in [9.17, 15) is 8.42 Å². The van der Waals surface area contributed by atoms with Gasteiger partial charge >= 0.3 is 0 Å². The molecule has 0 amide bonds. The molecule has 0 atom stereocenters. The van der Waals surface area contributed by atoms with Crippen LogP contribution in [0.5, 0.6) is 5.75 Å². The van der Waals surface area contributed by atoms with Crippen LogP contribution in [-0.2, 0) is 22.9 Å². The fraction of sp³-hybridized carbons (Fsp3) is 0.381. The van der Waals surface area contributed by atoms with Crippen molar-refractivity contribution in [3.63, 3.8) is 0 Å². The van der Waals surface area contributed by atoms with Gasteiger partial charge in [0.1, 0.15) is 5.75 Å². The van der Waals surface area contributed by atoms with Crippen LogP contribution >= 0.6 is 24.0 Å². The number of benzene rings is 2. The van der Waals surface area contributed by atoms with Gasteiger partial charge in [-0.15, -0.1) is 24.0 Å². The Labute approximate surface area is 191 Å². The molecule has 0 saturated heterocycles. The van der Waals surface area contributed by atoms with E-state index in [0.29, 0.717) is 23.9 Å². The van der Waals surface area contributed by atoms with Crippen LogP contribution in [0.15, 0.2) is 52.4 Å². The van der Waals surface area contributed by atoms with Crippen LogP contribution in [0.1, 0.15) is 30.5 Å². The molecule has 0 fully saturated rings. The second-order valence-electron chi connectivity index (χ2n) is 6.97. The van der Waals surface area contributed by atoms with Crippen molar-refractivity contribution in [2.45, 2.75) is 44.9 Å². The molecule has 160 valence electrons. The van der Waals surface area contributed by atoms with Crippen molar-refractivity contribution in [1.29, 1.82) is 0 Å². The molecule has 0 heterocycles. The van der Waals surface area contributed by atoms with Crippen molar-refractivity contribution in [3.8, 4) is 5.75 Å². The number of nitrogens with one attached hydrogen (secondary N) is 2. The summed E-state index contributed by atoms with van der Waals surface area (Å²) in [4.78, 5) is 4.56. The maximum atomic E-state index is 11.5. The Kier molecular flexibility index (Phi) is 9.91. The van der Waals surface area contributed by atoms with E-state index in [0.717, 1.165) is 22.4 Å². The van der Waals surface area contributed by atoms with Crippen LogP contribution in [-0.4, -0.2) is 33.8 Å². The van der Waals surface area contributed by atoms with Crippen molar-refractivity contribution >= 4 is 39.8 Å².